The Morgan fingerprint density at radius 2 is 1.41 bits per heavy atom. The van der Waals surface area contributed by atoms with Gasteiger partial charge in [0.15, 0.2) is 0 Å². The molecule has 0 aliphatic carbocycles. The van der Waals surface area contributed by atoms with Gasteiger partial charge in [0, 0.05) is 29.2 Å². The highest BCUT2D eigenvalue weighted by molar-refractivity contribution is 6.03. The first-order valence-corrected chi connectivity index (χ1v) is 12.7. The minimum absolute atomic E-state index is 0.400. The predicted molar refractivity (Wildman–Crippen MR) is 152 cm³/mol. The van der Waals surface area contributed by atoms with Gasteiger partial charge in [-0.3, -0.25) is 4.90 Å². The van der Waals surface area contributed by atoms with Crippen molar-refractivity contribution in [3.05, 3.63) is 121 Å². The lowest BCUT2D eigenvalue weighted by atomic mass is 9.97. The van der Waals surface area contributed by atoms with Crippen LogP contribution in [-0.4, -0.2) is 14.5 Å². The van der Waals surface area contributed by atoms with E-state index in [4.69, 9.17) is 9.97 Å². The molecule has 4 heterocycles. The highest BCUT2D eigenvalue weighted by Gasteiger charge is 2.28. The molecule has 3 aromatic carbocycles. The number of anilines is 3. The Morgan fingerprint density at radius 3 is 2.22 bits per heavy atom. The SMILES string of the molecule is CC(C)c1ccnc(N2c3ccccc3-c3ccccc3-c3nc4ccn(-c5ccccc5)c4cc32)c1. The van der Waals surface area contributed by atoms with E-state index in [1.54, 1.807) is 0 Å². The summed E-state index contributed by atoms with van der Waals surface area (Å²) in [6, 6.07) is 36.3. The van der Waals surface area contributed by atoms with Gasteiger partial charge in [0.2, 0.25) is 0 Å². The van der Waals surface area contributed by atoms with Gasteiger partial charge < -0.3 is 4.57 Å². The monoisotopic (exact) mass is 478 g/mol. The van der Waals surface area contributed by atoms with Gasteiger partial charge in [0.05, 0.1) is 28.1 Å². The second-order valence-electron chi connectivity index (χ2n) is 9.78. The van der Waals surface area contributed by atoms with E-state index >= 15 is 0 Å². The van der Waals surface area contributed by atoms with Gasteiger partial charge in [-0.2, -0.15) is 0 Å². The van der Waals surface area contributed by atoms with E-state index in [9.17, 15) is 0 Å². The molecule has 0 fully saturated rings. The topological polar surface area (TPSA) is 34.0 Å². The minimum atomic E-state index is 0.400. The number of hydrogen-bond acceptors (Lipinski definition) is 3. The summed E-state index contributed by atoms with van der Waals surface area (Å²) in [5.74, 6) is 1.29. The zero-order valence-corrected chi connectivity index (χ0v) is 20.8. The van der Waals surface area contributed by atoms with E-state index in [0.29, 0.717) is 5.92 Å². The minimum Gasteiger partial charge on any atom is -0.315 e. The third kappa shape index (κ3) is 3.45. The lowest BCUT2D eigenvalue weighted by molar-refractivity contribution is 0.862. The van der Waals surface area contributed by atoms with Gasteiger partial charge in [-0.1, -0.05) is 74.5 Å². The van der Waals surface area contributed by atoms with Crippen molar-refractivity contribution >= 4 is 28.2 Å². The summed E-state index contributed by atoms with van der Waals surface area (Å²) in [6.07, 6.45) is 4.03. The van der Waals surface area contributed by atoms with Crippen LogP contribution < -0.4 is 4.90 Å². The number of para-hydroxylation sites is 2. The second kappa shape index (κ2) is 8.45. The van der Waals surface area contributed by atoms with Gasteiger partial charge >= 0.3 is 0 Å². The smallest absolute Gasteiger partial charge is 0.137 e. The fraction of sp³-hybridized carbons (Fsp3) is 0.0909. The summed E-state index contributed by atoms with van der Waals surface area (Å²) in [7, 11) is 0. The molecule has 4 heteroatoms. The predicted octanol–water partition coefficient (Wildman–Crippen LogP) is 8.66. The van der Waals surface area contributed by atoms with Crippen LogP contribution in [0.3, 0.4) is 0 Å². The van der Waals surface area contributed by atoms with Crippen molar-refractivity contribution in [2.45, 2.75) is 19.8 Å². The Hall–Kier alpha value is -4.70. The molecule has 0 amide bonds. The first-order valence-electron chi connectivity index (χ1n) is 12.7. The summed E-state index contributed by atoms with van der Waals surface area (Å²) < 4.78 is 2.21. The second-order valence-corrected chi connectivity index (χ2v) is 9.78. The van der Waals surface area contributed by atoms with Crippen LogP contribution in [0, 0.1) is 0 Å². The van der Waals surface area contributed by atoms with E-state index < -0.39 is 0 Å². The van der Waals surface area contributed by atoms with Crippen molar-refractivity contribution in [1.82, 2.24) is 14.5 Å². The molecule has 0 radical (unpaired) electrons. The molecule has 6 aromatic rings. The Labute approximate surface area is 216 Å². The average Bonchev–Trinajstić information content (AvgIpc) is 3.32. The molecular weight excluding hydrogens is 452 g/mol. The highest BCUT2D eigenvalue weighted by atomic mass is 15.2. The van der Waals surface area contributed by atoms with Gasteiger partial charge in [-0.15, -0.1) is 0 Å². The van der Waals surface area contributed by atoms with Crippen LogP contribution in [0.1, 0.15) is 25.3 Å². The fourth-order valence-electron chi connectivity index (χ4n) is 5.34. The van der Waals surface area contributed by atoms with Gasteiger partial charge in [0.1, 0.15) is 5.82 Å². The van der Waals surface area contributed by atoms with Crippen LogP contribution in [0.15, 0.2) is 116 Å². The molecule has 0 saturated heterocycles. The Balaban J connectivity index is 1.59. The molecule has 0 saturated carbocycles. The molecule has 3 aromatic heterocycles. The molecule has 7 rings (SSSR count). The molecule has 1 aliphatic rings. The molecule has 0 unspecified atom stereocenters. The summed E-state index contributed by atoms with van der Waals surface area (Å²) in [5.41, 5.74) is 10.9. The number of hydrogen-bond donors (Lipinski definition) is 0. The van der Waals surface area contributed by atoms with Gasteiger partial charge in [0.25, 0.3) is 0 Å². The lowest BCUT2D eigenvalue weighted by Gasteiger charge is -2.26. The van der Waals surface area contributed by atoms with Crippen LogP contribution in [0.25, 0.3) is 39.1 Å². The molecule has 0 spiro atoms. The number of aromatic nitrogens is 3. The van der Waals surface area contributed by atoms with Crippen LogP contribution in [0.5, 0.6) is 0 Å². The van der Waals surface area contributed by atoms with Crippen LogP contribution >= 0.6 is 0 Å². The molecule has 37 heavy (non-hydrogen) atoms. The Kier molecular flexibility index (Phi) is 4.93. The molecule has 178 valence electrons. The normalized spacial score (nSPS) is 12.2. The van der Waals surface area contributed by atoms with Crippen LogP contribution in [0.4, 0.5) is 17.2 Å². The number of benzene rings is 3. The quantitative estimate of drug-likeness (QED) is 0.255. The lowest BCUT2D eigenvalue weighted by Crippen LogP contribution is -2.13. The standard InChI is InChI=1S/C33H26N4/c1-22(2)23-16-18-34-32(20-23)37-29-15-9-8-13-26(29)25-12-6-7-14-27(25)33-31(37)21-30-28(35-33)17-19-36(30)24-10-4-3-5-11-24/h3-22H,1-2H3. The zero-order valence-electron chi connectivity index (χ0n) is 20.8. The largest absolute Gasteiger partial charge is 0.315 e. The van der Waals surface area contributed by atoms with Crippen LogP contribution in [-0.2, 0) is 0 Å². The molecule has 0 atom stereocenters. The summed E-state index contributed by atoms with van der Waals surface area (Å²) in [4.78, 5) is 12.5. The van der Waals surface area contributed by atoms with E-state index in [-0.39, 0.29) is 0 Å². The maximum absolute atomic E-state index is 5.29. The number of rotatable bonds is 3. The average molecular weight is 479 g/mol. The maximum atomic E-state index is 5.29. The molecule has 1 aliphatic heterocycles. The van der Waals surface area contributed by atoms with Crippen molar-refractivity contribution in [3.8, 4) is 28.1 Å². The first-order chi connectivity index (χ1) is 18.2. The van der Waals surface area contributed by atoms with Crippen molar-refractivity contribution in [2.24, 2.45) is 0 Å². The van der Waals surface area contributed by atoms with E-state index in [0.717, 1.165) is 45.2 Å². The van der Waals surface area contributed by atoms with Crippen LogP contribution in [0.2, 0.25) is 0 Å². The first kappa shape index (κ1) is 21.6. The molecule has 0 bridgehead atoms. The van der Waals surface area contributed by atoms with Gasteiger partial charge in [-0.25, -0.2) is 9.97 Å². The van der Waals surface area contributed by atoms with Crippen molar-refractivity contribution < 1.29 is 0 Å². The summed E-state index contributed by atoms with van der Waals surface area (Å²) in [6.45, 7) is 4.44. The molecular formula is C33H26N4. The molecule has 0 N–H and O–H groups in total. The molecule has 4 nitrogen and oxygen atoms in total. The number of nitrogens with zero attached hydrogens (tertiary/aromatic N) is 4. The number of pyridine rings is 2. The van der Waals surface area contributed by atoms with Gasteiger partial charge in [-0.05, 0) is 59.5 Å². The Morgan fingerprint density at radius 1 is 0.676 bits per heavy atom. The van der Waals surface area contributed by atoms with E-state index in [2.05, 4.69) is 127 Å². The highest BCUT2D eigenvalue weighted by Crippen LogP contribution is 2.50. The maximum Gasteiger partial charge on any atom is 0.137 e. The van der Waals surface area contributed by atoms with E-state index in [1.165, 1.54) is 16.7 Å². The summed E-state index contributed by atoms with van der Waals surface area (Å²) in [5, 5.41) is 0. The number of fused-ring (bicyclic) bond motifs is 6. The Bertz CT molecular complexity index is 1760. The van der Waals surface area contributed by atoms with Crippen molar-refractivity contribution in [2.75, 3.05) is 4.90 Å². The van der Waals surface area contributed by atoms with Crippen molar-refractivity contribution in [1.29, 1.82) is 0 Å². The third-order valence-electron chi connectivity index (χ3n) is 7.21. The fourth-order valence-corrected chi connectivity index (χ4v) is 5.34. The third-order valence-corrected chi connectivity index (χ3v) is 7.21. The van der Waals surface area contributed by atoms with E-state index in [1.807, 2.05) is 12.3 Å². The zero-order chi connectivity index (χ0) is 24.9. The van der Waals surface area contributed by atoms with Crippen molar-refractivity contribution in [3.63, 3.8) is 0 Å². The summed E-state index contributed by atoms with van der Waals surface area (Å²) >= 11 is 0.